The Kier molecular flexibility index (Phi) is 5.96. The Balaban J connectivity index is 1.32. The highest BCUT2D eigenvalue weighted by Gasteiger charge is 2.28. The maximum absolute atomic E-state index is 12.2. The van der Waals surface area contributed by atoms with Crippen molar-refractivity contribution in [3.8, 4) is 11.1 Å². The number of alkyl carbamates (subject to hydrolysis) is 1. The first kappa shape index (κ1) is 19.9. The number of carbonyl (C=O) groups is 1. The van der Waals surface area contributed by atoms with Gasteiger partial charge in [-0.05, 0) is 51.9 Å². The standard InChI is InChI=1S/C26H25NO3/c1-18-12-13-19(15-20(18)16-28)7-6-14-27-26(29)30-17-25-23-10-4-2-8-21(23)22-9-3-5-11-24(22)25/h2-13,15,25,28H,14,16-17H2,1H3,(H,27,29). The smallest absolute Gasteiger partial charge is 0.407 e. The van der Waals surface area contributed by atoms with Crippen molar-refractivity contribution in [2.24, 2.45) is 0 Å². The van der Waals surface area contributed by atoms with Gasteiger partial charge in [0.2, 0.25) is 0 Å². The number of hydrogen-bond donors (Lipinski definition) is 2. The van der Waals surface area contributed by atoms with Gasteiger partial charge in [0.1, 0.15) is 6.61 Å². The molecule has 2 N–H and O–H groups in total. The normalized spacial score (nSPS) is 12.6. The van der Waals surface area contributed by atoms with Crippen molar-refractivity contribution in [3.63, 3.8) is 0 Å². The van der Waals surface area contributed by atoms with Crippen molar-refractivity contribution in [3.05, 3.63) is 101 Å². The third-order valence-electron chi connectivity index (χ3n) is 5.56. The van der Waals surface area contributed by atoms with Crippen LogP contribution in [0.3, 0.4) is 0 Å². The van der Waals surface area contributed by atoms with E-state index in [4.69, 9.17) is 4.74 Å². The van der Waals surface area contributed by atoms with E-state index in [1.165, 1.54) is 22.3 Å². The lowest BCUT2D eigenvalue weighted by Gasteiger charge is -2.14. The van der Waals surface area contributed by atoms with E-state index in [1.807, 2.05) is 61.5 Å². The lowest BCUT2D eigenvalue weighted by molar-refractivity contribution is 0.144. The van der Waals surface area contributed by atoms with Gasteiger partial charge in [-0.25, -0.2) is 4.79 Å². The van der Waals surface area contributed by atoms with Crippen LogP contribution in [0.4, 0.5) is 4.79 Å². The second-order valence-electron chi connectivity index (χ2n) is 7.45. The maximum Gasteiger partial charge on any atom is 0.407 e. The first-order chi connectivity index (χ1) is 14.7. The van der Waals surface area contributed by atoms with Crippen LogP contribution in [0.25, 0.3) is 17.2 Å². The number of hydrogen-bond acceptors (Lipinski definition) is 3. The molecule has 3 aromatic rings. The molecule has 152 valence electrons. The third kappa shape index (κ3) is 4.14. The van der Waals surface area contributed by atoms with E-state index >= 15 is 0 Å². The number of aliphatic hydroxyl groups excluding tert-OH is 1. The summed E-state index contributed by atoms with van der Waals surface area (Å²) in [6.45, 7) is 2.67. The molecule has 0 unspecified atom stereocenters. The van der Waals surface area contributed by atoms with E-state index < -0.39 is 6.09 Å². The quantitative estimate of drug-likeness (QED) is 0.611. The van der Waals surface area contributed by atoms with E-state index in [1.54, 1.807) is 0 Å². The summed E-state index contributed by atoms with van der Waals surface area (Å²) in [6.07, 6.45) is 3.36. The Hall–Kier alpha value is -3.37. The molecule has 1 aliphatic carbocycles. The number of benzene rings is 3. The van der Waals surface area contributed by atoms with Crippen LogP contribution < -0.4 is 5.32 Å². The molecule has 0 heterocycles. The molecule has 4 heteroatoms. The van der Waals surface area contributed by atoms with Crippen molar-refractivity contribution < 1.29 is 14.6 Å². The zero-order valence-corrected chi connectivity index (χ0v) is 17.0. The van der Waals surface area contributed by atoms with Crippen molar-refractivity contribution in [1.29, 1.82) is 0 Å². The molecule has 4 nitrogen and oxygen atoms in total. The minimum atomic E-state index is -0.429. The van der Waals surface area contributed by atoms with Gasteiger partial charge in [0, 0.05) is 12.5 Å². The highest BCUT2D eigenvalue weighted by molar-refractivity contribution is 5.79. The zero-order valence-electron chi connectivity index (χ0n) is 17.0. The molecule has 0 bridgehead atoms. The Labute approximate surface area is 176 Å². The summed E-state index contributed by atoms with van der Waals surface area (Å²) in [5.74, 6) is 0.0585. The minimum Gasteiger partial charge on any atom is -0.449 e. The van der Waals surface area contributed by atoms with Gasteiger partial charge in [-0.2, -0.15) is 0 Å². The van der Waals surface area contributed by atoms with Crippen LogP contribution in [0.15, 0.2) is 72.8 Å². The number of carbonyl (C=O) groups excluding carboxylic acids is 1. The van der Waals surface area contributed by atoms with Gasteiger partial charge in [-0.15, -0.1) is 0 Å². The molecule has 0 saturated carbocycles. The Morgan fingerprint density at radius 1 is 1.03 bits per heavy atom. The molecular formula is C26H25NO3. The van der Waals surface area contributed by atoms with Gasteiger partial charge >= 0.3 is 6.09 Å². The van der Waals surface area contributed by atoms with Crippen LogP contribution in [0.2, 0.25) is 0 Å². The first-order valence-electron chi connectivity index (χ1n) is 10.1. The fraction of sp³-hybridized carbons (Fsp3) is 0.192. The summed E-state index contributed by atoms with van der Waals surface area (Å²) in [5, 5.41) is 12.1. The molecule has 0 atom stereocenters. The molecule has 0 radical (unpaired) electrons. The average Bonchev–Trinajstić information content (AvgIpc) is 3.10. The molecule has 0 aromatic heterocycles. The predicted molar refractivity (Wildman–Crippen MR) is 119 cm³/mol. The molecule has 1 aliphatic rings. The molecular weight excluding hydrogens is 374 g/mol. The van der Waals surface area contributed by atoms with E-state index in [-0.39, 0.29) is 12.5 Å². The molecule has 0 saturated heterocycles. The van der Waals surface area contributed by atoms with E-state index in [9.17, 15) is 9.90 Å². The molecule has 30 heavy (non-hydrogen) atoms. The maximum atomic E-state index is 12.2. The van der Waals surface area contributed by atoms with Crippen LogP contribution >= 0.6 is 0 Å². The lowest BCUT2D eigenvalue weighted by atomic mass is 9.98. The van der Waals surface area contributed by atoms with E-state index in [2.05, 4.69) is 29.6 Å². The summed E-state index contributed by atoms with van der Waals surface area (Å²) < 4.78 is 5.53. The first-order valence-corrected chi connectivity index (χ1v) is 10.1. The number of ether oxygens (including phenoxy) is 1. The monoisotopic (exact) mass is 399 g/mol. The van der Waals surface area contributed by atoms with Gasteiger partial charge in [0.05, 0.1) is 6.61 Å². The molecule has 1 amide bonds. The van der Waals surface area contributed by atoms with Crippen LogP contribution in [0.5, 0.6) is 0 Å². The topological polar surface area (TPSA) is 58.6 Å². The lowest BCUT2D eigenvalue weighted by Crippen LogP contribution is -2.26. The fourth-order valence-electron chi connectivity index (χ4n) is 3.95. The highest BCUT2D eigenvalue weighted by Crippen LogP contribution is 2.44. The Bertz CT molecular complexity index is 1040. The molecule has 0 spiro atoms. The van der Waals surface area contributed by atoms with Crippen LogP contribution in [0.1, 0.15) is 33.7 Å². The van der Waals surface area contributed by atoms with Gasteiger partial charge < -0.3 is 15.2 Å². The molecule has 4 rings (SSSR count). The number of aryl methyl sites for hydroxylation is 1. The highest BCUT2D eigenvalue weighted by atomic mass is 16.5. The van der Waals surface area contributed by atoms with Crippen molar-refractivity contribution in [2.75, 3.05) is 13.2 Å². The Morgan fingerprint density at radius 2 is 1.70 bits per heavy atom. The summed E-state index contributed by atoms with van der Waals surface area (Å²) in [7, 11) is 0. The van der Waals surface area contributed by atoms with Crippen molar-refractivity contribution in [1.82, 2.24) is 5.32 Å². The summed E-state index contributed by atoms with van der Waals surface area (Å²) in [4.78, 5) is 12.2. The summed E-state index contributed by atoms with van der Waals surface area (Å²) >= 11 is 0. The van der Waals surface area contributed by atoms with E-state index in [0.717, 1.165) is 16.7 Å². The van der Waals surface area contributed by atoms with Gasteiger partial charge in [-0.1, -0.05) is 72.8 Å². The number of amides is 1. The number of aliphatic hydroxyl groups is 1. The van der Waals surface area contributed by atoms with Crippen LogP contribution in [-0.2, 0) is 11.3 Å². The number of rotatable bonds is 6. The number of fused-ring (bicyclic) bond motifs is 3. The molecule has 3 aromatic carbocycles. The molecule has 0 fully saturated rings. The molecule has 0 aliphatic heterocycles. The second-order valence-corrected chi connectivity index (χ2v) is 7.45. The average molecular weight is 399 g/mol. The van der Waals surface area contributed by atoms with Gasteiger partial charge in [-0.3, -0.25) is 0 Å². The second kappa shape index (κ2) is 8.97. The van der Waals surface area contributed by atoms with Crippen molar-refractivity contribution >= 4 is 12.2 Å². The van der Waals surface area contributed by atoms with E-state index in [0.29, 0.717) is 13.2 Å². The van der Waals surface area contributed by atoms with Crippen LogP contribution in [0, 0.1) is 6.92 Å². The van der Waals surface area contributed by atoms with Gasteiger partial charge in [0.15, 0.2) is 0 Å². The minimum absolute atomic E-state index is 0.0194. The van der Waals surface area contributed by atoms with Crippen molar-refractivity contribution in [2.45, 2.75) is 19.4 Å². The predicted octanol–water partition coefficient (Wildman–Crippen LogP) is 5.04. The zero-order chi connectivity index (χ0) is 20.9. The van der Waals surface area contributed by atoms with Gasteiger partial charge in [0.25, 0.3) is 0 Å². The fourth-order valence-corrected chi connectivity index (χ4v) is 3.95. The summed E-state index contributed by atoms with van der Waals surface area (Å²) in [6, 6.07) is 22.5. The summed E-state index contributed by atoms with van der Waals surface area (Å²) in [5.41, 5.74) is 7.78. The third-order valence-corrected chi connectivity index (χ3v) is 5.56. The SMILES string of the molecule is Cc1ccc(C=CCNC(=O)OCC2c3ccccc3-c3ccccc32)cc1CO. The number of nitrogens with one attached hydrogen (secondary N) is 1. The van der Waals surface area contributed by atoms with Crippen LogP contribution in [-0.4, -0.2) is 24.4 Å². The Morgan fingerprint density at radius 3 is 2.37 bits per heavy atom. The largest absolute Gasteiger partial charge is 0.449 e.